The van der Waals surface area contributed by atoms with E-state index in [0.717, 1.165) is 11.1 Å². The maximum Gasteiger partial charge on any atom is 0.240 e. The van der Waals surface area contributed by atoms with Crippen LogP contribution in [0.5, 0.6) is 0 Å². The van der Waals surface area contributed by atoms with Crippen molar-refractivity contribution in [3.63, 3.8) is 0 Å². The van der Waals surface area contributed by atoms with E-state index in [1.165, 1.54) is 6.07 Å². The molecule has 2 rings (SSSR count). The van der Waals surface area contributed by atoms with Gasteiger partial charge in [-0.3, -0.25) is 0 Å². The number of nitrogens with two attached hydrogens (primary N) is 1. The van der Waals surface area contributed by atoms with E-state index in [4.69, 9.17) is 17.3 Å². The average molecular weight is 325 g/mol. The Balaban J connectivity index is 2.03. The molecule has 0 saturated carbocycles. The minimum Gasteiger partial charge on any atom is -0.399 e. The first-order valence-electron chi connectivity index (χ1n) is 6.49. The third-order valence-electron chi connectivity index (χ3n) is 3.15. The van der Waals surface area contributed by atoms with Gasteiger partial charge in [-0.05, 0) is 54.8 Å². The van der Waals surface area contributed by atoms with Crippen LogP contribution in [0.15, 0.2) is 47.4 Å². The number of aryl methyl sites for hydroxylation is 1. The third kappa shape index (κ3) is 4.20. The highest BCUT2D eigenvalue weighted by Gasteiger charge is 2.14. The lowest BCUT2D eigenvalue weighted by Crippen LogP contribution is -2.26. The van der Waals surface area contributed by atoms with Crippen molar-refractivity contribution in [3.8, 4) is 0 Å². The van der Waals surface area contributed by atoms with Crippen molar-refractivity contribution >= 4 is 27.3 Å². The molecule has 3 N–H and O–H groups in total. The molecule has 6 heteroatoms. The van der Waals surface area contributed by atoms with Gasteiger partial charge in [0.15, 0.2) is 0 Å². The Kier molecular flexibility index (Phi) is 4.88. The van der Waals surface area contributed by atoms with E-state index in [9.17, 15) is 8.42 Å². The van der Waals surface area contributed by atoms with Crippen LogP contribution in [-0.4, -0.2) is 15.0 Å². The predicted molar refractivity (Wildman–Crippen MR) is 85.9 cm³/mol. The summed E-state index contributed by atoms with van der Waals surface area (Å²) in [5, 5.41) is 0.643. The molecule has 0 fully saturated rings. The second kappa shape index (κ2) is 6.47. The van der Waals surface area contributed by atoms with Gasteiger partial charge in [0.1, 0.15) is 0 Å². The van der Waals surface area contributed by atoms with Crippen molar-refractivity contribution < 1.29 is 8.42 Å². The molecule has 0 spiro atoms. The van der Waals surface area contributed by atoms with Gasteiger partial charge >= 0.3 is 0 Å². The number of halogens is 1. The maximum absolute atomic E-state index is 12.2. The van der Waals surface area contributed by atoms with Crippen molar-refractivity contribution in [3.05, 3.63) is 58.6 Å². The van der Waals surface area contributed by atoms with Crippen LogP contribution in [0.4, 0.5) is 5.69 Å². The quantitative estimate of drug-likeness (QED) is 0.831. The molecular formula is C15H17ClN2O2S. The zero-order valence-corrected chi connectivity index (χ0v) is 13.2. The average Bonchev–Trinajstić information content (AvgIpc) is 2.41. The molecule has 21 heavy (non-hydrogen) atoms. The standard InChI is InChI=1S/C15H17ClN2O2S/c1-11-9-14(5-6-15(11)17)21(19,20)18-8-7-12-3-2-4-13(16)10-12/h2-6,9-10,18H,7-8,17H2,1H3. The van der Waals surface area contributed by atoms with Crippen LogP contribution in [0.1, 0.15) is 11.1 Å². The highest BCUT2D eigenvalue weighted by molar-refractivity contribution is 7.89. The van der Waals surface area contributed by atoms with Gasteiger partial charge < -0.3 is 5.73 Å². The number of sulfonamides is 1. The SMILES string of the molecule is Cc1cc(S(=O)(=O)NCCc2cccc(Cl)c2)ccc1N. The highest BCUT2D eigenvalue weighted by atomic mass is 35.5. The molecule has 0 amide bonds. The summed E-state index contributed by atoms with van der Waals surface area (Å²) >= 11 is 5.89. The zero-order valence-electron chi connectivity index (χ0n) is 11.6. The summed E-state index contributed by atoms with van der Waals surface area (Å²) in [6, 6.07) is 12.0. The molecule has 0 bridgehead atoms. The summed E-state index contributed by atoms with van der Waals surface area (Å²) in [7, 11) is -3.52. The molecule has 4 nitrogen and oxygen atoms in total. The number of benzene rings is 2. The van der Waals surface area contributed by atoms with E-state index in [0.29, 0.717) is 23.7 Å². The molecule has 0 atom stereocenters. The second-order valence-electron chi connectivity index (χ2n) is 4.80. The topological polar surface area (TPSA) is 72.2 Å². The normalized spacial score (nSPS) is 11.5. The van der Waals surface area contributed by atoms with Crippen molar-refractivity contribution in [2.45, 2.75) is 18.2 Å². The van der Waals surface area contributed by atoms with Gasteiger partial charge in [0.2, 0.25) is 10.0 Å². The zero-order chi connectivity index (χ0) is 15.5. The van der Waals surface area contributed by atoms with Crippen LogP contribution in [0.2, 0.25) is 5.02 Å². The Morgan fingerprint density at radius 1 is 1.19 bits per heavy atom. The minimum absolute atomic E-state index is 0.222. The molecule has 0 aliphatic heterocycles. The summed E-state index contributed by atoms with van der Waals surface area (Å²) in [6.07, 6.45) is 0.577. The Morgan fingerprint density at radius 3 is 2.62 bits per heavy atom. The Labute approximate surface area is 130 Å². The van der Waals surface area contributed by atoms with E-state index in [1.54, 1.807) is 25.1 Å². The van der Waals surface area contributed by atoms with E-state index in [1.807, 2.05) is 18.2 Å². The third-order valence-corrected chi connectivity index (χ3v) is 4.84. The molecule has 0 unspecified atom stereocenters. The minimum atomic E-state index is -3.52. The van der Waals surface area contributed by atoms with Gasteiger partial charge in [0, 0.05) is 17.3 Å². The molecule has 0 heterocycles. The first kappa shape index (κ1) is 15.8. The fourth-order valence-electron chi connectivity index (χ4n) is 1.92. The predicted octanol–water partition coefficient (Wildman–Crippen LogP) is 2.75. The lowest BCUT2D eigenvalue weighted by molar-refractivity contribution is 0.581. The number of anilines is 1. The van der Waals surface area contributed by atoms with Gasteiger partial charge in [-0.25, -0.2) is 13.1 Å². The lowest BCUT2D eigenvalue weighted by atomic mass is 10.2. The van der Waals surface area contributed by atoms with Gasteiger partial charge in [0.25, 0.3) is 0 Å². The highest BCUT2D eigenvalue weighted by Crippen LogP contribution is 2.17. The van der Waals surface area contributed by atoms with Gasteiger partial charge in [-0.2, -0.15) is 0 Å². The largest absolute Gasteiger partial charge is 0.399 e. The molecule has 0 aliphatic rings. The van der Waals surface area contributed by atoms with Gasteiger partial charge in [-0.1, -0.05) is 23.7 Å². The van der Waals surface area contributed by atoms with Crippen LogP contribution in [0.25, 0.3) is 0 Å². The Hall–Kier alpha value is -1.56. The fraction of sp³-hybridized carbons (Fsp3) is 0.200. The van der Waals surface area contributed by atoms with Gasteiger partial charge in [-0.15, -0.1) is 0 Å². The maximum atomic E-state index is 12.2. The summed E-state index contributed by atoms with van der Waals surface area (Å²) in [4.78, 5) is 0.222. The van der Waals surface area contributed by atoms with Crippen molar-refractivity contribution in [1.29, 1.82) is 0 Å². The molecule has 0 aliphatic carbocycles. The van der Waals surface area contributed by atoms with Crippen molar-refractivity contribution in [2.75, 3.05) is 12.3 Å². The second-order valence-corrected chi connectivity index (χ2v) is 7.00. The fourth-order valence-corrected chi connectivity index (χ4v) is 3.25. The van der Waals surface area contributed by atoms with Crippen LogP contribution < -0.4 is 10.5 Å². The molecule has 0 radical (unpaired) electrons. The Morgan fingerprint density at radius 2 is 1.95 bits per heavy atom. The smallest absolute Gasteiger partial charge is 0.240 e. The van der Waals surface area contributed by atoms with E-state index in [2.05, 4.69) is 4.72 Å². The molecule has 0 saturated heterocycles. The molecular weight excluding hydrogens is 308 g/mol. The molecule has 112 valence electrons. The molecule has 2 aromatic rings. The summed E-state index contributed by atoms with van der Waals surface area (Å²) in [5.74, 6) is 0. The van der Waals surface area contributed by atoms with Gasteiger partial charge in [0.05, 0.1) is 4.90 Å². The Bertz CT molecular complexity index is 745. The number of nitrogen functional groups attached to an aromatic ring is 1. The first-order valence-corrected chi connectivity index (χ1v) is 8.35. The lowest BCUT2D eigenvalue weighted by Gasteiger charge is -2.09. The number of nitrogens with one attached hydrogen (secondary N) is 1. The summed E-state index contributed by atoms with van der Waals surface area (Å²) in [5.41, 5.74) is 8.00. The van der Waals surface area contributed by atoms with Crippen LogP contribution in [0.3, 0.4) is 0 Å². The summed E-state index contributed by atoms with van der Waals surface area (Å²) < 4.78 is 26.9. The van der Waals surface area contributed by atoms with Crippen molar-refractivity contribution in [2.24, 2.45) is 0 Å². The number of rotatable bonds is 5. The monoisotopic (exact) mass is 324 g/mol. The number of hydrogen-bond acceptors (Lipinski definition) is 3. The van der Waals surface area contributed by atoms with Crippen LogP contribution in [0, 0.1) is 6.92 Å². The summed E-state index contributed by atoms with van der Waals surface area (Å²) in [6.45, 7) is 2.09. The van der Waals surface area contributed by atoms with E-state index in [-0.39, 0.29) is 4.90 Å². The molecule has 0 aromatic heterocycles. The van der Waals surface area contributed by atoms with E-state index < -0.39 is 10.0 Å². The van der Waals surface area contributed by atoms with Crippen molar-refractivity contribution in [1.82, 2.24) is 4.72 Å². The number of hydrogen-bond donors (Lipinski definition) is 2. The van der Waals surface area contributed by atoms with Crippen LogP contribution in [-0.2, 0) is 16.4 Å². The van der Waals surface area contributed by atoms with Crippen LogP contribution >= 0.6 is 11.6 Å². The van der Waals surface area contributed by atoms with E-state index >= 15 is 0 Å². The first-order chi connectivity index (χ1) is 9.88. The molecule has 2 aromatic carbocycles.